The van der Waals surface area contributed by atoms with E-state index in [1.807, 2.05) is 0 Å². The molecule has 0 aromatic carbocycles. The Balaban J connectivity index is 1.95. The van der Waals surface area contributed by atoms with E-state index in [9.17, 15) is 4.39 Å². The van der Waals surface area contributed by atoms with Gasteiger partial charge in [0.15, 0.2) is 0 Å². The van der Waals surface area contributed by atoms with E-state index in [1.54, 1.807) is 6.92 Å². The molecule has 2 fully saturated rings. The van der Waals surface area contributed by atoms with E-state index >= 15 is 0 Å². The van der Waals surface area contributed by atoms with E-state index in [1.165, 1.54) is 0 Å². The second kappa shape index (κ2) is 1.99. The van der Waals surface area contributed by atoms with Gasteiger partial charge in [-0.3, -0.25) is 0 Å². The summed E-state index contributed by atoms with van der Waals surface area (Å²) in [4.78, 5) is 0. The normalized spacial score (nSPS) is 54.8. The van der Waals surface area contributed by atoms with E-state index < -0.39 is 5.67 Å². The lowest BCUT2D eigenvalue weighted by molar-refractivity contribution is 0.222. The van der Waals surface area contributed by atoms with Crippen molar-refractivity contribution >= 4 is 0 Å². The highest BCUT2D eigenvalue weighted by molar-refractivity contribution is 5.14. The zero-order valence-electron chi connectivity index (χ0n) is 7.60. The Labute approximate surface area is 68.2 Å². The van der Waals surface area contributed by atoms with Crippen LogP contribution in [-0.2, 0) is 0 Å². The van der Waals surface area contributed by atoms with Crippen LogP contribution in [0.15, 0.2) is 0 Å². The van der Waals surface area contributed by atoms with Crippen molar-refractivity contribution in [2.45, 2.75) is 39.3 Å². The van der Waals surface area contributed by atoms with Crippen molar-refractivity contribution in [3.8, 4) is 0 Å². The lowest BCUT2D eigenvalue weighted by Crippen LogP contribution is -2.13. The van der Waals surface area contributed by atoms with E-state index in [0.29, 0.717) is 11.8 Å². The van der Waals surface area contributed by atoms with Gasteiger partial charge >= 0.3 is 0 Å². The predicted octanol–water partition coefficient (Wildman–Crippen LogP) is 3.03. The molecule has 2 aliphatic carbocycles. The van der Waals surface area contributed by atoms with Gasteiger partial charge in [0.25, 0.3) is 0 Å². The zero-order valence-corrected chi connectivity index (χ0v) is 7.60. The third kappa shape index (κ3) is 0.929. The first kappa shape index (κ1) is 7.57. The highest BCUT2D eigenvalue weighted by Gasteiger charge is 2.66. The molecule has 0 heterocycles. The van der Waals surface area contributed by atoms with Gasteiger partial charge in [-0.2, -0.15) is 0 Å². The van der Waals surface area contributed by atoms with Gasteiger partial charge in [-0.05, 0) is 43.4 Å². The SMILES string of the molecule is CC(C)C1CC2C(C1)C2(C)F. The Morgan fingerprint density at radius 3 is 2.09 bits per heavy atom. The third-order valence-corrected chi connectivity index (χ3v) is 3.88. The van der Waals surface area contributed by atoms with Crippen LogP contribution < -0.4 is 0 Å². The molecule has 0 aromatic rings. The van der Waals surface area contributed by atoms with Crippen LogP contribution in [0, 0.1) is 23.7 Å². The molecule has 2 atom stereocenters. The average Bonchev–Trinajstić information content (AvgIpc) is 2.28. The summed E-state index contributed by atoms with van der Waals surface area (Å²) in [5, 5.41) is 0. The minimum Gasteiger partial charge on any atom is -0.244 e. The maximum atomic E-state index is 13.3. The summed E-state index contributed by atoms with van der Waals surface area (Å²) in [5.74, 6) is 2.43. The molecule has 2 saturated carbocycles. The minimum atomic E-state index is -0.772. The molecule has 0 nitrogen and oxygen atoms in total. The molecular formula is C10H17F. The number of rotatable bonds is 1. The first-order valence-electron chi connectivity index (χ1n) is 4.72. The fraction of sp³-hybridized carbons (Fsp3) is 1.00. The van der Waals surface area contributed by atoms with Crippen LogP contribution in [-0.4, -0.2) is 5.67 Å². The zero-order chi connectivity index (χ0) is 8.22. The van der Waals surface area contributed by atoms with Crippen molar-refractivity contribution in [1.82, 2.24) is 0 Å². The van der Waals surface area contributed by atoms with Crippen LogP contribution in [0.4, 0.5) is 4.39 Å². The van der Waals surface area contributed by atoms with E-state index in [0.717, 1.165) is 24.7 Å². The van der Waals surface area contributed by atoms with Crippen LogP contribution in [0.1, 0.15) is 33.6 Å². The summed E-state index contributed by atoms with van der Waals surface area (Å²) in [6, 6.07) is 0. The molecule has 2 unspecified atom stereocenters. The van der Waals surface area contributed by atoms with Gasteiger partial charge < -0.3 is 0 Å². The van der Waals surface area contributed by atoms with Crippen LogP contribution in [0.2, 0.25) is 0 Å². The summed E-state index contributed by atoms with van der Waals surface area (Å²) < 4.78 is 13.3. The van der Waals surface area contributed by atoms with Gasteiger partial charge in [0.05, 0.1) is 0 Å². The van der Waals surface area contributed by atoms with Crippen molar-refractivity contribution < 1.29 is 4.39 Å². The van der Waals surface area contributed by atoms with Crippen LogP contribution in [0.25, 0.3) is 0 Å². The van der Waals surface area contributed by atoms with Crippen LogP contribution in [0.3, 0.4) is 0 Å². The molecule has 0 amide bonds. The summed E-state index contributed by atoms with van der Waals surface area (Å²) in [6.07, 6.45) is 2.30. The fourth-order valence-corrected chi connectivity index (χ4v) is 2.74. The summed E-state index contributed by atoms with van der Waals surface area (Å²) >= 11 is 0. The van der Waals surface area contributed by atoms with Gasteiger partial charge in [0, 0.05) is 0 Å². The van der Waals surface area contributed by atoms with Gasteiger partial charge in [-0.25, -0.2) is 4.39 Å². The Hall–Kier alpha value is -0.0700. The molecule has 64 valence electrons. The second-order valence-electron chi connectivity index (χ2n) is 4.84. The van der Waals surface area contributed by atoms with Gasteiger partial charge in [0.2, 0.25) is 0 Å². The van der Waals surface area contributed by atoms with Gasteiger partial charge in [-0.15, -0.1) is 0 Å². The van der Waals surface area contributed by atoms with Crippen molar-refractivity contribution in [1.29, 1.82) is 0 Å². The molecule has 0 radical (unpaired) electrons. The smallest absolute Gasteiger partial charge is 0.114 e. The maximum Gasteiger partial charge on any atom is 0.114 e. The first-order valence-corrected chi connectivity index (χ1v) is 4.72. The summed E-state index contributed by atoms with van der Waals surface area (Å²) in [6.45, 7) is 6.29. The van der Waals surface area contributed by atoms with Gasteiger partial charge in [0.1, 0.15) is 5.67 Å². The topological polar surface area (TPSA) is 0 Å². The Morgan fingerprint density at radius 2 is 1.73 bits per heavy atom. The van der Waals surface area contributed by atoms with Gasteiger partial charge in [-0.1, -0.05) is 13.8 Å². The maximum absolute atomic E-state index is 13.3. The van der Waals surface area contributed by atoms with E-state index in [4.69, 9.17) is 0 Å². The first-order chi connectivity index (χ1) is 5.03. The second-order valence-corrected chi connectivity index (χ2v) is 4.84. The lowest BCUT2D eigenvalue weighted by atomic mass is 9.89. The molecule has 1 heteroatoms. The van der Waals surface area contributed by atoms with Crippen molar-refractivity contribution in [2.75, 3.05) is 0 Å². The number of hydrogen-bond donors (Lipinski definition) is 0. The molecule has 11 heavy (non-hydrogen) atoms. The highest BCUT2D eigenvalue weighted by atomic mass is 19.1. The number of fused-ring (bicyclic) bond motifs is 1. The van der Waals surface area contributed by atoms with Crippen LogP contribution >= 0.6 is 0 Å². The molecule has 0 saturated heterocycles. The summed E-state index contributed by atoms with van der Waals surface area (Å²) in [5.41, 5.74) is -0.772. The van der Waals surface area contributed by atoms with Crippen molar-refractivity contribution in [3.63, 3.8) is 0 Å². The van der Waals surface area contributed by atoms with E-state index in [-0.39, 0.29) is 0 Å². The number of halogens is 1. The third-order valence-electron chi connectivity index (χ3n) is 3.88. The van der Waals surface area contributed by atoms with Crippen molar-refractivity contribution in [3.05, 3.63) is 0 Å². The van der Waals surface area contributed by atoms with Crippen LogP contribution in [0.5, 0.6) is 0 Å². The largest absolute Gasteiger partial charge is 0.244 e. The van der Waals surface area contributed by atoms with E-state index in [2.05, 4.69) is 13.8 Å². The molecule has 0 bridgehead atoms. The lowest BCUT2D eigenvalue weighted by Gasteiger charge is -2.18. The fourth-order valence-electron chi connectivity index (χ4n) is 2.74. The predicted molar refractivity (Wildman–Crippen MR) is 44.1 cm³/mol. The van der Waals surface area contributed by atoms with Crippen molar-refractivity contribution in [2.24, 2.45) is 23.7 Å². The number of alkyl halides is 1. The molecule has 0 aromatic heterocycles. The Morgan fingerprint density at radius 1 is 1.27 bits per heavy atom. The summed E-state index contributed by atoms with van der Waals surface area (Å²) in [7, 11) is 0. The molecule has 2 aliphatic rings. The minimum absolute atomic E-state index is 0.426. The standard InChI is InChI=1S/C10H17F/c1-6(2)7-4-8-9(5-7)10(8,3)11/h6-9H,4-5H2,1-3H3. The molecule has 0 spiro atoms. The molecule has 0 aliphatic heterocycles. The monoisotopic (exact) mass is 156 g/mol. The highest BCUT2D eigenvalue weighted by Crippen LogP contribution is 2.65. The molecule has 2 rings (SSSR count). The Bertz CT molecular complexity index is 158. The Kier molecular flexibility index (Phi) is 1.37. The average molecular weight is 156 g/mol. The number of hydrogen-bond acceptors (Lipinski definition) is 0. The molecule has 0 N–H and O–H groups in total. The quantitative estimate of drug-likeness (QED) is 0.547. The molecular weight excluding hydrogens is 139 g/mol.